The van der Waals surface area contributed by atoms with Crippen LogP contribution >= 0.6 is 23.2 Å². The molecule has 0 aromatic heterocycles. The minimum atomic E-state index is -0.469. The third-order valence-corrected chi connectivity index (χ3v) is 4.23. The van der Waals surface area contributed by atoms with E-state index in [2.05, 4.69) is 10.6 Å². The predicted molar refractivity (Wildman–Crippen MR) is 107 cm³/mol. The highest BCUT2D eigenvalue weighted by Gasteiger charge is 2.14. The van der Waals surface area contributed by atoms with E-state index in [1.807, 2.05) is 6.07 Å². The highest BCUT2D eigenvalue weighted by molar-refractivity contribution is 6.30. The van der Waals surface area contributed by atoms with Crippen LogP contribution in [0.2, 0.25) is 5.02 Å². The van der Waals surface area contributed by atoms with Gasteiger partial charge >= 0.3 is 0 Å². The smallest absolute Gasteiger partial charge is 0.235 e. The molecule has 0 fully saturated rings. The Labute approximate surface area is 168 Å². The van der Waals surface area contributed by atoms with Crippen LogP contribution in [0.1, 0.15) is 30.1 Å². The maximum absolute atomic E-state index is 11.8. The van der Waals surface area contributed by atoms with Gasteiger partial charge < -0.3 is 15.7 Å². The number of alkyl halides is 1. The average molecular weight is 407 g/mol. The molecule has 2 atom stereocenters. The van der Waals surface area contributed by atoms with Crippen molar-refractivity contribution in [2.24, 2.45) is 0 Å². The zero-order chi connectivity index (χ0) is 19.8. The van der Waals surface area contributed by atoms with Gasteiger partial charge in [0.25, 0.3) is 0 Å². The first-order valence-electron chi connectivity index (χ1n) is 8.24. The minimum Gasteiger partial charge on any atom is -0.508 e. The SMILES string of the molecule is CC(=O)NC(/C=C/C(NC(=O)CCl)c1cccc(Cl)c1)c1ccc(O)cc1. The molecular weight excluding hydrogens is 387 g/mol. The van der Waals surface area contributed by atoms with Crippen LogP contribution in [-0.2, 0) is 9.59 Å². The third-order valence-electron chi connectivity index (χ3n) is 3.75. The lowest BCUT2D eigenvalue weighted by Crippen LogP contribution is -2.29. The van der Waals surface area contributed by atoms with Crippen LogP contribution in [0.5, 0.6) is 5.75 Å². The normalized spacial score (nSPS) is 13.1. The average Bonchev–Trinajstić information content (AvgIpc) is 2.64. The molecule has 0 bridgehead atoms. The van der Waals surface area contributed by atoms with Crippen LogP contribution in [0.25, 0.3) is 0 Å². The van der Waals surface area contributed by atoms with Gasteiger partial charge in [-0.2, -0.15) is 0 Å². The molecule has 7 heteroatoms. The van der Waals surface area contributed by atoms with Crippen molar-refractivity contribution in [1.29, 1.82) is 0 Å². The van der Waals surface area contributed by atoms with E-state index in [-0.39, 0.29) is 23.4 Å². The van der Waals surface area contributed by atoms with Gasteiger partial charge in [0.2, 0.25) is 11.8 Å². The number of phenols is 1. The molecular formula is C20H20Cl2N2O3. The summed E-state index contributed by atoms with van der Waals surface area (Å²) in [4.78, 5) is 23.4. The molecule has 0 saturated carbocycles. The van der Waals surface area contributed by atoms with E-state index in [1.54, 1.807) is 54.6 Å². The third kappa shape index (κ3) is 6.62. The second-order valence-electron chi connectivity index (χ2n) is 5.89. The van der Waals surface area contributed by atoms with Crippen LogP contribution in [0.15, 0.2) is 60.7 Å². The molecule has 0 spiro atoms. The highest BCUT2D eigenvalue weighted by Crippen LogP contribution is 2.23. The Balaban J connectivity index is 2.32. The fourth-order valence-corrected chi connectivity index (χ4v) is 2.80. The van der Waals surface area contributed by atoms with Gasteiger partial charge in [-0.3, -0.25) is 9.59 Å². The van der Waals surface area contributed by atoms with Crippen molar-refractivity contribution in [3.8, 4) is 5.75 Å². The molecule has 0 aliphatic carbocycles. The molecule has 0 aliphatic rings. The lowest BCUT2D eigenvalue weighted by atomic mass is 10.0. The number of carbonyl (C=O) groups is 2. The van der Waals surface area contributed by atoms with Gasteiger partial charge in [-0.25, -0.2) is 0 Å². The van der Waals surface area contributed by atoms with Crippen molar-refractivity contribution in [2.75, 3.05) is 5.88 Å². The first kappa shape index (κ1) is 20.8. The summed E-state index contributed by atoms with van der Waals surface area (Å²) in [6, 6.07) is 12.7. The number of hydrogen-bond donors (Lipinski definition) is 3. The molecule has 2 aromatic rings. The van der Waals surface area contributed by atoms with E-state index in [0.717, 1.165) is 11.1 Å². The van der Waals surface area contributed by atoms with Crippen molar-refractivity contribution in [3.63, 3.8) is 0 Å². The molecule has 0 saturated heterocycles. The number of benzene rings is 2. The monoisotopic (exact) mass is 406 g/mol. The number of carbonyl (C=O) groups excluding carboxylic acids is 2. The van der Waals surface area contributed by atoms with Crippen LogP contribution in [0.3, 0.4) is 0 Å². The molecule has 2 unspecified atom stereocenters. The quantitative estimate of drug-likeness (QED) is 0.482. The van der Waals surface area contributed by atoms with Crippen LogP contribution in [0, 0.1) is 0 Å². The van der Waals surface area contributed by atoms with Crippen molar-refractivity contribution in [2.45, 2.75) is 19.0 Å². The van der Waals surface area contributed by atoms with E-state index >= 15 is 0 Å². The van der Waals surface area contributed by atoms with Crippen LogP contribution in [0.4, 0.5) is 0 Å². The molecule has 27 heavy (non-hydrogen) atoms. The van der Waals surface area contributed by atoms with E-state index < -0.39 is 12.1 Å². The highest BCUT2D eigenvalue weighted by atomic mass is 35.5. The minimum absolute atomic E-state index is 0.135. The van der Waals surface area contributed by atoms with E-state index in [4.69, 9.17) is 23.2 Å². The van der Waals surface area contributed by atoms with Gasteiger partial charge in [0.05, 0.1) is 12.1 Å². The van der Waals surface area contributed by atoms with E-state index in [1.165, 1.54) is 6.92 Å². The Hall–Kier alpha value is -2.50. The number of halogens is 2. The van der Waals surface area contributed by atoms with E-state index in [9.17, 15) is 14.7 Å². The molecule has 0 heterocycles. The number of amides is 2. The summed E-state index contributed by atoms with van der Waals surface area (Å²) in [5.41, 5.74) is 1.57. The summed E-state index contributed by atoms with van der Waals surface area (Å²) in [7, 11) is 0. The fraction of sp³-hybridized carbons (Fsp3) is 0.200. The Morgan fingerprint density at radius 2 is 1.67 bits per heavy atom. The summed E-state index contributed by atoms with van der Waals surface area (Å²) in [6.45, 7) is 1.42. The molecule has 2 aromatic carbocycles. The molecule has 3 N–H and O–H groups in total. The van der Waals surface area contributed by atoms with Crippen molar-refractivity contribution < 1.29 is 14.7 Å². The second-order valence-corrected chi connectivity index (χ2v) is 6.59. The van der Waals surface area contributed by atoms with Gasteiger partial charge in [-0.15, -0.1) is 11.6 Å². The second kappa shape index (κ2) is 10.00. The molecule has 2 rings (SSSR count). The number of phenolic OH excluding ortho intramolecular Hbond substituents is 1. The Bertz CT molecular complexity index is 822. The fourth-order valence-electron chi connectivity index (χ4n) is 2.52. The molecule has 142 valence electrons. The summed E-state index contributed by atoms with van der Waals surface area (Å²) >= 11 is 11.7. The van der Waals surface area contributed by atoms with Gasteiger partial charge in [0.15, 0.2) is 0 Å². The molecule has 5 nitrogen and oxygen atoms in total. The maximum Gasteiger partial charge on any atom is 0.235 e. The summed E-state index contributed by atoms with van der Waals surface area (Å²) in [5, 5.41) is 15.6. The Morgan fingerprint density at radius 1 is 1.04 bits per heavy atom. The van der Waals surface area contributed by atoms with Gasteiger partial charge in [0.1, 0.15) is 11.6 Å². The van der Waals surface area contributed by atoms with Crippen molar-refractivity contribution in [3.05, 3.63) is 76.8 Å². The Morgan fingerprint density at radius 3 is 2.22 bits per heavy atom. The summed E-state index contributed by atoms with van der Waals surface area (Å²) in [5.74, 6) is -0.567. The zero-order valence-corrected chi connectivity index (χ0v) is 16.2. The number of aromatic hydroxyl groups is 1. The Kier molecular flexibility index (Phi) is 7.70. The standard InChI is InChI=1S/C20H20Cl2N2O3/c1-13(25)23-18(14-5-7-17(26)8-6-14)9-10-19(24-20(27)12-21)15-3-2-4-16(22)11-15/h2-11,18-19,26H,12H2,1H3,(H,23,25)(H,24,27)/b10-9+. The van der Waals surface area contributed by atoms with Crippen LogP contribution in [-0.4, -0.2) is 22.8 Å². The zero-order valence-electron chi connectivity index (χ0n) is 14.7. The van der Waals surface area contributed by atoms with Crippen LogP contribution < -0.4 is 10.6 Å². The first-order valence-corrected chi connectivity index (χ1v) is 9.15. The molecule has 0 radical (unpaired) electrons. The molecule has 2 amide bonds. The lowest BCUT2D eigenvalue weighted by Gasteiger charge is -2.18. The first-order chi connectivity index (χ1) is 12.9. The topological polar surface area (TPSA) is 78.4 Å². The summed E-state index contributed by atoms with van der Waals surface area (Å²) in [6.07, 6.45) is 3.54. The van der Waals surface area contributed by atoms with Gasteiger partial charge in [-0.05, 0) is 35.4 Å². The predicted octanol–water partition coefficient (Wildman–Crippen LogP) is 3.88. The number of hydrogen-bond acceptors (Lipinski definition) is 3. The van der Waals surface area contributed by atoms with Crippen molar-refractivity contribution >= 4 is 35.0 Å². The lowest BCUT2D eigenvalue weighted by molar-refractivity contribution is -0.120. The van der Waals surface area contributed by atoms with E-state index in [0.29, 0.717) is 5.02 Å². The maximum atomic E-state index is 11.8. The number of nitrogens with one attached hydrogen (secondary N) is 2. The summed E-state index contributed by atoms with van der Waals surface area (Å²) < 4.78 is 0. The largest absolute Gasteiger partial charge is 0.508 e. The number of rotatable bonds is 7. The molecule has 0 aliphatic heterocycles. The van der Waals surface area contributed by atoms with Gasteiger partial charge in [-0.1, -0.05) is 48.0 Å². The van der Waals surface area contributed by atoms with Crippen molar-refractivity contribution in [1.82, 2.24) is 10.6 Å². The van der Waals surface area contributed by atoms with Gasteiger partial charge in [0, 0.05) is 11.9 Å².